The number of hydrogen-bond acceptors (Lipinski definition) is 2. The van der Waals surface area contributed by atoms with E-state index in [-0.39, 0.29) is 0 Å². The lowest BCUT2D eigenvalue weighted by Crippen LogP contribution is -2.22. The van der Waals surface area contributed by atoms with Crippen LogP contribution in [0.25, 0.3) is 0 Å². The summed E-state index contributed by atoms with van der Waals surface area (Å²) in [5.74, 6) is 0. The second-order valence-corrected chi connectivity index (χ2v) is 5.57. The van der Waals surface area contributed by atoms with Crippen LogP contribution in [-0.4, -0.2) is 17.6 Å². The Morgan fingerprint density at radius 2 is 1.81 bits per heavy atom. The maximum absolute atomic E-state index is 5.95. The molecule has 88 valence electrons. The van der Waals surface area contributed by atoms with Crippen molar-refractivity contribution in [2.24, 2.45) is 0 Å². The van der Waals surface area contributed by atoms with E-state index in [1.807, 2.05) is 17.8 Å². The van der Waals surface area contributed by atoms with Crippen molar-refractivity contribution in [3.8, 4) is 0 Å². The predicted octanol–water partition coefficient (Wildman–Crippen LogP) is 3.88. The molecule has 16 heavy (non-hydrogen) atoms. The van der Waals surface area contributed by atoms with E-state index in [0.29, 0.717) is 6.10 Å². The SMILES string of the molecule is CSC1CCC(OCc2ccccc2)CC1. The zero-order chi connectivity index (χ0) is 11.2. The molecule has 0 saturated heterocycles. The predicted molar refractivity (Wildman–Crippen MR) is 70.8 cm³/mol. The Labute approximate surface area is 103 Å². The van der Waals surface area contributed by atoms with Crippen molar-refractivity contribution in [2.45, 2.75) is 43.6 Å². The van der Waals surface area contributed by atoms with Gasteiger partial charge in [0.15, 0.2) is 0 Å². The van der Waals surface area contributed by atoms with E-state index in [4.69, 9.17) is 4.74 Å². The molecule has 0 spiro atoms. The molecule has 1 saturated carbocycles. The topological polar surface area (TPSA) is 9.23 Å². The molecule has 2 heteroatoms. The van der Waals surface area contributed by atoms with Gasteiger partial charge in [-0.2, -0.15) is 11.8 Å². The molecule has 1 fully saturated rings. The molecule has 0 N–H and O–H groups in total. The van der Waals surface area contributed by atoms with Crippen molar-refractivity contribution in [1.29, 1.82) is 0 Å². The van der Waals surface area contributed by atoms with E-state index in [2.05, 4.69) is 30.5 Å². The average molecular weight is 236 g/mol. The highest BCUT2D eigenvalue weighted by Crippen LogP contribution is 2.28. The quantitative estimate of drug-likeness (QED) is 0.784. The highest BCUT2D eigenvalue weighted by Gasteiger charge is 2.20. The second kappa shape index (κ2) is 6.31. The minimum atomic E-state index is 0.489. The molecule has 0 radical (unpaired) electrons. The van der Waals surface area contributed by atoms with Crippen LogP contribution in [0.3, 0.4) is 0 Å². The summed E-state index contributed by atoms with van der Waals surface area (Å²) in [6.07, 6.45) is 7.82. The molecule has 1 aliphatic carbocycles. The highest BCUT2D eigenvalue weighted by atomic mass is 32.2. The Hall–Kier alpha value is -0.470. The molecule has 1 aromatic rings. The minimum absolute atomic E-state index is 0.489. The van der Waals surface area contributed by atoms with E-state index in [1.165, 1.54) is 31.2 Å². The Morgan fingerprint density at radius 1 is 1.12 bits per heavy atom. The van der Waals surface area contributed by atoms with Gasteiger partial charge in [0.25, 0.3) is 0 Å². The second-order valence-electron chi connectivity index (χ2n) is 4.43. The molecule has 0 aliphatic heterocycles. The molecule has 1 nitrogen and oxygen atoms in total. The lowest BCUT2D eigenvalue weighted by Gasteiger charge is -2.27. The van der Waals surface area contributed by atoms with Crippen molar-refractivity contribution >= 4 is 11.8 Å². The van der Waals surface area contributed by atoms with Gasteiger partial charge >= 0.3 is 0 Å². The summed E-state index contributed by atoms with van der Waals surface area (Å²) in [5, 5.41) is 0.872. The number of thioether (sulfide) groups is 1. The summed E-state index contributed by atoms with van der Waals surface area (Å²) >= 11 is 2.01. The highest BCUT2D eigenvalue weighted by molar-refractivity contribution is 7.99. The average Bonchev–Trinajstić information content (AvgIpc) is 2.38. The van der Waals surface area contributed by atoms with Gasteiger partial charge in [-0.3, -0.25) is 0 Å². The minimum Gasteiger partial charge on any atom is -0.374 e. The molecule has 1 aromatic carbocycles. The lowest BCUT2D eigenvalue weighted by molar-refractivity contribution is 0.0179. The van der Waals surface area contributed by atoms with Gasteiger partial charge in [-0.15, -0.1) is 0 Å². The fraction of sp³-hybridized carbons (Fsp3) is 0.571. The maximum Gasteiger partial charge on any atom is 0.0720 e. The first-order valence-electron chi connectivity index (χ1n) is 6.07. The summed E-state index contributed by atoms with van der Waals surface area (Å²) in [6.45, 7) is 0.773. The first-order chi connectivity index (χ1) is 7.88. The van der Waals surface area contributed by atoms with Gasteiger partial charge in [0.2, 0.25) is 0 Å². The van der Waals surface area contributed by atoms with Gasteiger partial charge in [0.05, 0.1) is 12.7 Å². The van der Waals surface area contributed by atoms with Gasteiger partial charge in [-0.05, 0) is 37.5 Å². The van der Waals surface area contributed by atoms with Crippen LogP contribution >= 0.6 is 11.8 Å². The van der Waals surface area contributed by atoms with Gasteiger partial charge in [-0.25, -0.2) is 0 Å². The zero-order valence-electron chi connectivity index (χ0n) is 9.89. The summed E-state index contributed by atoms with van der Waals surface area (Å²) in [4.78, 5) is 0. The van der Waals surface area contributed by atoms with Gasteiger partial charge in [0, 0.05) is 5.25 Å². The third-order valence-electron chi connectivity index (χ3n) is 3.28. The van der Waals surface area contributed by atoms with Crippen LogP contribution in [-0.2, 0) is 11.3 Å². The van der Waals surface area contributed by atoms with E-state index < -0.39 is 0 Å². The standard InChI is InChI=1S/C14H20OS/c1-16-14-9-7-13(8-10-14)15-11-12-5-3-2-4-6-12/h2-6,13-14H,7-11H2,1H3. The normalized spacial score (nSPS) is 25.6. The summed E-state index contributed by atoms with van der Waals surface area (Å²) in [7, 11) is 0. The van der Waals surface area contributed by atoms with Crippen molar-refractivity contribution < 1.29 is 4.74 Å². The first-order valence-corrected chi connectivity index (χ1v) is 7.35. The fourth-order valence-corrected chi connectivity index (χ4v) is 2.97. The number of ether oxygens (including phenoxy) is 1. The molecule has 0 aromatic heterocycles. The third-order valence-corrected chi connectivity index (χ3v) is 4.42. The first kappa shape index (κ1) is 12.0. The molecule has 0 bridgehead atoms. The Bertz CT molecular complexity index is 291. The molecule has 0 amide bonds. The van der Waals surface area contributed by atoms with Crippen LogP contribution in [0.5, 0.6) is 0 Å². The molecule has 0 atom stereocenters. The summed E-state index contributed by atoms with van der Waals surface area (Å²) in [5.41, 5.74) is 1.29. The van der Waals surface area contributed by atoms with Crippen LogP contribution in [0.1, 0.15) is 31.2 Å². The van der Waals surface area contributed by atoms with E-state index in [0.717, 1.165) is 11.9 Å². The van der Waals surface area contributed by atoms with Gasteiger partial charge < -0.3 is 4.74 Å². The zero-order valence-corrected chi connectivity index (χ0v) is 10.7. The van der Waals surface area contributed by atoms with Crippen molar-refractivity contribution in [3.05, 3.63) is 35.9 Å². The van der Waals surface area contributed by atoms with E-state index in [1.54, 1.807) is 0 Å². The summed E-state index contributed by atoms with van der Waals surface area (Å²) < 4.78 is 5.95. The molecule has 0 unspecified atom stereocenters. The Balaban J connectivity index is 1.72. The number of rotatable bonds is 4. The smallest absolute Gasteiger partial charge is 0.0720 e. The van der Waals surface area contributed by atoms with Crippen LogP contribution < -0.4 is 0 Å². The van der Waals surface area contributed by atoms with Crippen molar-refractivity contribution in [2.75, 3.05) is 6.26 Å². The Morgan fingerprint density at radius 3 is 2.44 bits per heavy atom. The third kappa shape index (κ3) is 3.53. The molecular formula is C14H20OS. The van der Waals surface area contributed by atoms with Crippen molar-refractivity contribution in [1.82, 2.24) is 0 Å². The number of benzene rings is 1. The lowest BCUT2D eigenvalue weighted by atomic mass is 9.97. The van der Waals surface area contributed by atoms with Crippen molar-refractivity contribution in [3.63, 3.8) is 0 Å². The fourth-order valence-electron chi connectivity index (χ4n) is 2.22. The monoisotopic (exact) mass is 236 g/mol. The van der Waals surface area contributed by atoms with Crippen LogP contribution in [0, 0.1) is 0 Å². The molecule has 0 heterocycles. The largest absolute Gasteiger partial charge is 0.374 e. The molecule has 1 aliphatic rings. The van der Waals surface area contributed by atoms with Gasteiger partial charge in [0.1, 0.15) is 0 Å². The van der Waals surface area contributed by atoms with E-state index in [9.17, 15) is 0 Å². The number of hydrogen-bond donors (Lipinski definition) is 0. The molecule has 2 rings (SSSR count). The maximum atomic E-state index is 5.95. The van der Waals surface area contributed by atoms with Gasteiger partial charge in [-0.1, -0.05) is 30.3 Å². The molecular weight excluding hydrogens is 216 g/mol. The van der Waals surface area contributed by atoms with Crippen LogP contribution in [0.15, 0.2) is 30.3 Å². The summed E-state index contributed by atoms with van der Waals surface area (Å²) in [6, 6.07) is 10.5. The van der Waals surface area contributed by atoms with E-state index >= 15 is 0 Å². The van der Waals surface area contributed by atoms with Crippen LogP contribution in [0.2, 0.25) is 0 Å². The Kier molecular flexibility index (Phi) is 4.73. The van der Waals surface area contributed by atoms with Crippen LogP contribution in [0.4, 0.5) is 0 Å².